The first-order chi connectivity index (χ1) is 5.24. The molecule has 60 valence electrons. The van der Waals surface area contributed by atoms with Gasteiger partial charge in [-0.15, -0.1) is 6.58 Å². The molecule has 0 atom stereocenters. The van der Waals surface area contributed by atoms with Gasteiger partial charge >= 0.3 is 0 Å². The molecule has 0 aliphatic heterocycles. The van der Waals surface area contributed by atoms with E-state index in [4.69, 9.17) is 5.26 Å². The molecule has 0 aromatic carbocycles. The van der Waals surface area contributed by atoms with Crippen LogP contribution in [0.2, 0.25) is 0 Å². The maximum atomic E-state index is 7.51. The van der Waals surface area contributed by atoms with Crippen molar-refractivity contribution in [1.82, 2.24) is 0 Å². The average Bonchev–Trinajstić information content (AvgIpc) is 2.06. The van der Waals surface area contributed by atoms with Crippen LogP contribution < -0.4 is 0 Å². The molecule has 0 aromatic heterocycles. The standard InChI is InChI=1S/C4H6.C3H3N.C3H6/c1-3-4-2;1-2-3-4;1-3-2/h3-4H,1-2H2;2H,1H2;3H,1H2,2H3. The van der Waals surface area contributed by atoms with Crippen LogP contribution in [0.1, 0.15) is 6.92 Å². The highest BCUT2D eigenvalue weighted by molar-refractivity contribution is 4.93. The molecule has 1 heteroatoms. The lowest BCUT2D eigenvalue weighted by molar-refractivity contribution is 1.54. The third-order valence-corrected chi connectivity index (χ3v) is 0.258. The highest BCUT2D eigenvalue weighted by atomic mass is 14.2. The zero-order chi connectivity index (χ0) is 9.54. The zero-order valence-corrected chi connectivity index (χ0v) is 7.09. The van der Waals surface area contributed by atoms with Crippen molar-refractivity contribution >= 4 is 0 Å². The number of hydrogen-bond donors (Lipinski definition) is 0. The Morgan fingerprint density at radius 1 is 1.09 bits per heavy atom. The lowest BCUT2D eigenvalue weighted by atomic mass is 10.6. The molecule has 0 aliphatic rings. The molecule has 0 spiro atoms. The summed E-state index contributed by atoms with van der Waals surface area (Å²) in [6.07, 6.45) is 6.21. The summed E-state index contributed by atoms with van der Waals surface area (Å²) in [5, 5.41) is 7.51. The molecule has 0 aromatic rings. The van der Waals surface area contributed by atoms with Crippen LogP contribution in [0, 0.1) is 11.3 Å². The van der Waals surface area contributed by atoms with Crippen molar-refractivity contribution in [3.63, 3.8) is 0 Å². The first kappa shape index (κ1) is 16.2. The lowest BCUT2D eigenvalue weighted by Crippen LogP contribution is -1.23. The molecule has 0 bridgehead atoms. The average molecular weight is 149 g/mol. The second kappa shape index (κ2) is 39.4. The third kappa shape index (κ3) is 1740. The molecule has 0 saturated carbocycles. The van der Waals surface area contributed by atoms with Gasteiger partial charge in [-0.25, -0.2) is 0 Å². The first-order valence-corrected chi connectivity index (χ1v) is 3.06. The number of hydrogen-bond acceptors (Lipinski definition) is 1. The fourth-order valence-corrected chi connectivity index (χ4v) is 0. The fourth-order valence-electron chi connectivity index (χ4n) is 0. The number of allylic oxidation sites excluding steroid dienone is 4. The second-order valence-corrected chi connectivity index (χ2v) is 1.21. The zero-order valence-electron chi connectivity index (χ0n) is 7.09. The van der Waals surface area contributed by atoms with Gasteiger partial charge < -0.3 is 0 Å². The molecule has 0 fully saturated rings. The van der Waals surface area contributed by atoms with E-state index in [9.17, 15) is 0 Å². The van der Waals surface area contributed by atoms with Crippen LogP contribution in [0.5, 0.6) is 0 Å². The van der Waals surface area contributed by atoms with Crippen LogP contribution in [-0.2, 0) is 0 Å². The van der Waals surface area contributed by atoms with Crippen LogP contribution in [0.3, 0.4) is 0 Å². The Balaban J connectivity index is -0.0000000886. The van der Waals surface area contributed by atoms with E-state index in [0.29, 0.717) is 0 Å². The van der Waals surface area contributed by atoms with Gasteiger partial charge in [-0.2, -0.15) is 5.26 Å². The Bertz CT molecular complexity index is 131. The molecule has 0 rings (SSSR count). The van der Waals surface area contributed by atoms with Crippen molar-refractivity contribution in [3.05, 3.63) is 50.6 Å². The van der Waals surface area contributed by atoms with E-state index >= 15 is 0 Å². The Labute approximate surface area is 69.7 Å². The van der Waals surface area contributed by atoms with E-state index < -0.39 is 0 Å². The van der Waals surface area contributed by atoms with Gasteiger partial charge in [-0.05, 0) is 6.92 Å². The van der Waals surface area contributed by atoms with Gasteiger partial charge in [-0.1, -0.05) is 38.0 Å². The third-order valence-electron chi connectivity index (χ3n) is 0.258. The number of rotatable bonds is 1. The molecule has 0 heterocycles. The van der Waals surface area contributed by atoms with Crippen molar-refractivity contribution < 1.29 is 0 Å². The molecule has 0 radical (unpaired) electrons. The maximum absolute atomic E-state index is 7.51. The molecule has 0 aliphatic carbocycles. The van der Waals surface area contributed by atoms with E-state index in [-0.39, 0.29) is 0 Å². The lowest BCUT2D eigenvalue weighted by Gasteiger charge is -1.44. The first-order valence-electron chi connectivity index (χ1n) is 3.06. The molecule has 11 heavy (non-hydrogen) atoms. The summed E-state index contributed by atoms with van der Waals surface area (Å²) in [4.78, 5) is 0. The Kier molecular flexibility index (Phi) is 58.1. The summed E-state index contributed by atoms with van der Waals surface area (Å²) in [5.41, 5.74) is 0. The van der Waals surface area contributed by atoms with Crippen molar-refractivity contribution in [2.45, 2.75) is 6.92 Å². The molecule has 0 amide bonds. The molecular formula is C10H15N. The summed E-state index contributed by atoms with van der Waals surface area (Å²) in [5.74, 6) is 0. The van der Waals surface area contributed by atoms with E-state index in [1.165, 1.54) is 6.08 Å². The topological polar surface area (TPSA) is 23.8 Å². The van der Waals surface area contributed by atoms with Gasteiger partial charge in [0.05, 0.1) is 6.07 Å². The van der Waals surface area contributed by atoms with Crippen LogP contribution in [0.25, 0.3) is 0 Å². The summed E-state index contributed by atoms with van der Waals surface area (Å²) >= 11 is 0. The number of nitriles is 1. The Morgan fingerprint density at radius 2 is 1.27 bits per heavy atom. The van der Waals surface area contributed by atoms with Crippen molar-refractivity contribution in [2.24, 2.45) is 0 Å². The second-order valence-electron chi connectivity index (χ2n) is 1.21. The highest BCUT2D eigenvalue weighted by Gasteiger charge is 1.34. The summed E-state index contributed by atoms with van der Waals surface area (Å²) in [6, 6.07) is 1.69. The van der Waals surface area contributed by atoms with Crippen LogP contribution >= 0.6 is 0 Å². The maximum Gasteiger partial charge on any atom is 0.0905 e. The van der Waals surface area contributed by atoms with Crippen LogP contribution in [-0.4, -0.2) is 0 Å². The van der Waals surface area contributed by atoms with Gasteiger partial charge in [0.15, 0.2) is 0 Å². The normalized spacial score (nSPS) is 4.36. The molecule has 0 saturated heterocycles. The van der Waals surface area contributed by atoms with Gasteiger partial charge in [-0.3, -0.25) is 0 Å². The highest BCUT2D eigenvalue weighted by Crippen LogP contribution is 1.52. The monoisotopic (exact) mass is 149 g/mol. The summed E-state index contributed by atoms with van der Waals surface area (Å²) in [6.45, 7) is 15.1. The van der Waals surface area contributed by atoms with E-state index in [0.717, 1.165) is 0 Å². The molecule has 1 nitrogen and oxygen atoms in total. The molecular weight excluding hydrogens is 134 g/mol. The SMILES string of the molecule is C=CC.C=CC#N.C=CC=C. The van der Waals surface area contributed by atoms with E-state index in [1.807, 2.05) is 6.92 Å². The minimum Gasteiger partial charge on any atom is -0.193 e. The predicted molar refractivity (Wildman–Crippen MR) is 52.1 cm³/mol. The number of nitrogens with zero attached hydrogens (tertiary/aromatic N) is 1. The largest absolute Gasteiger partial charge is 0.193 e. The van der Waals surface area contributed by atoms with Crippen LogP contribution in [0.4, 0.5) is 0 Å². The van der Waals surface area contributed by atoms with Gasteiger partial charge in [0.2, 0.25) is 0 Å². The quantitative estimate of drug-likeness (QED) is 0.319. The molecule has 0 N–H and O–H groups in total. The van der Waals surface area contributed by atoms with Gasteiger partial charge in [0, 0.05) is 6.08 Å². The Hall–Kier alpha value is -1.55. The van der Waals surface area contributed by atoms with Crippen molar-refractivity contribution in [3.8, 4) is 6.07 Å². The Morgan fingerprint density at radius 3 is 1.27 bits per heavy atom. The van der Waals surface area contributed by atoms with Gasteiger partial charge in [0.1, 0.15) is 0 Å². The summed E-state index contributed by atoms with van der Waals surface area (Å²) < 4.78 is 0. The predicted octanol–water partition coefficient (Wildman–Crippen LogP) is 3.25. The van der Waals surface area contributed by atoms with Gasteiger partial charge in [0.25, 0.3) is 0 Å². The van der Waals surface area contributed by atoms with Crippen molar-refractivity contribution in [2.75, 3.05) is 0 Å². The minimum atomic E-state index is 1.18. The van der Waals surface area contributed by atoms with Crippen molar-refractivity contribution in [1.29, 1.82) is 5.26 Å². The van der Waals surface area contributed by atoms with E-state index in [1.54, 1.807) is 24.3 Å². The molecule has 0 unspecified atom stereocenters. The van der Waals surface area contributed by atoms with Crippen LogP contribution in [0.15, 0.2) is 50.6 Å². The summed E-state index contributed by atoms with van der Waals surface area (Å²) in [7, 11) is 0. The van der Waals surface area contributed by atoms with E-state index in [2.05, 4.69) is 26.3 Å². The fraction of sp³-hybridized carbons (Fsp3) is 0.100. The smallest absolute Gasteiger partial charge is 0.0905 e. The minimum absolute atomic E-state index is 1.18.